The Hall–Kier alpha value is -3.75. The van der Waals surface area contributed by atoms with Crippen LogP contribution in [0.1, 0.15) is 22.8 Å². The fourth-order valence-electron chi connectivity index (χ4n) is 2.42. The average Bonchev–Trinajstić information content (AvgIpc) is 2.76. The maximum Gasteiger partial charge on any atom is 0.433 e. The Morgan fingerprint density at radius 1 is 0.897 bits per heavy atom. The molecule has 9 heteroatoms. The lowest BCUT2D eigenvalue weighted by atomic mass is 10.1. The van der Waals surface area contributed by atoms with Crippen LogP contribution in [0, 0.1) is 0 Å². The summed E-state index contributed by atoms with van der Waals surface area (Å²) in [7, 11) is 5.90. The Bertz CT molecular complexity index is 884. The van der Waals surface area contributed by atoms with E-state index in [2.05, 4.69) is 20.6 Å². The summed E-state index contributed by atoms with van der Waals surface area (Å²) in [4.78, 5) is 28.4. The molecular weight excluding hydrogens is 378 g/mol. The molecule has 0 saturated carbocycles. The predicted octanol–water partition coefficient (Wildman–Crippen LogP) is 3.04. The van der Waals surface area contributed by atoms with Crippen LogP contribution in [0.3, 0.4) is 0 Å². The molecule has 0 saturated heterocycles. The summed E-state index contributed by atoms with van der Waals surface area (Å²) in [5, 5.41) is 8.83. The number of hydrogen-bond donors (Lipinski definition) is 2. The Morgan fingerprint density at radius 3 is 1.97 bits per heavy atom. The summed E-state index contributed by atoms with van der Waals surface area (Å²) in [5.74, 6) is 0.834. The first-order valence-corrected chi connectivity index (χ1v) is 8.58. The van der Waals surface area contributed by atoms with E-state index in [9.17, 15) is 9.59 Å². The number of methoxy groups -OCH3 is 3. The van der Waals surface area contributed by atoms with Gasteiger partial charge in [0.1, 0.15) is 0 Å². The third-order valence-corrected chi connectivity index (χ3v) is 3.96. The van der Waals surface area contributed by atoms with Crippen LogP contribution in [0.5, 0.6) is 17.2 Å². The van der Waals surface area contributed by atoms with Crippen molar-refractivity contribution in [3.63, 3.8) is 0 Å². The number of anilines is 1. The molecule has 9 nitrogen and oxygen atoms in total. The minimum atomic E-state index is -0.654. The highest BCUT2D eigenvalue weighted by molar-refractivity contribution is 6.05. The fourth-order valence-corrected chi connectivity index (χ4v) is 2.42. The highest BCUT2D eigenvalue weighted by Gasteiger charge is 2.17. The van der Waals surface area contributed by atoms with Gasteiger partial charge >= 0.3 is 6.09 Å². The Morgan fingerprint density at radius 2 is 1.48 bits per heavy atom. The van der Waals surface area contributed by atoms with Gasteiger partial charge in [0.2, 0.25) is 5.75 Å². The van der Waals surface area contributed by atoms with Gasteiger partial charge in [-0.3, -0.25) is 9.63 Å². The highest BCUT2D eigenvalue weighted by atomic mass is 16.7. The molecule has 2 aromatic carbocycles. The van der Waals surface area contributed by atoms with Crippen molar-refractivity contribution in [1.82, 2.24) is 5.32 Å². The first-order valence-electron chi connectivity index (χ1n) is 8.58. The molecule has 0 unspecified atom stereocenters. The van der Waals surface area contributed by atoms with Gasteiger partial charge in [0.25, 0.3) is 5.91 Å². The van der Waals surface area contributed by atoms with E-state index in [4.69, 9.17) is 14.2 Å². The molecule has 2 N–H and O–H groups in total. The second-order valence-electron chi connectivity index (χ2n) is 5.75. The normalized spacial score (nSPS) is 10.7. The number of carbonyl (C=O) groups is 2. The van der Waals surface area contributed by atoms with Crippen molar-refractivity contribution in [1.29, 1.82) is 0 Å². The number of nitrogens with zero attached hydrogens (tertiary/aromatic N) is 1. The zero-order valence-electron chi connectivity index (χ0n) is 16.9. The van der Waals surface area contributed by atoms with Crippen LogP contribution in [0.25, 0.3) is 0 Å². The molecule has 0 aliphatic heterocycles. The fraction of sp³-hybridized carbons (Fsp3) is 0.250. The third-order valence-electron chi connectivity index (χ3n) is 3.96. The van der Waals surface area contributed by atoms with Crippen molar-refractivity contribution in [2.75, 3.05) is 33.7 Å². The first kappa shape index (κ1) is 21.5. The van der Waals surface area contributed by atoms with E-state index < -0.39 is 6.09 Å². The number of benzene rings is 2. The molecule has 0 bridgehead atoms. The monoisotopic (exact) mass is 401 g/mol. The van der Waals surface area contributed by atoms with Gasteiger partial charge in [-0.05, 0) is 36.8 Å². The molecule has 2 amide bonds. The maximum atomic E-state index is 12.6. The van der Waals surface area contributed by atoms with E-state index in [1.165, 1.54) is 28.4 Å². The van der Waals surface area contributed by atoms with Crippen LogP contribution >= 0.6 is 0 Å². The van der Waals surface area contributed by atoms with E-state index in [0.717, 1.165) is 5.56 Å². The van der Waals surface area contributed by atoms with Crippen LogP contribution in [-0.2, 0) is 4.84 Å². The molecule has 0 fully saturated rings. The molecule has 2 aromatic rings. The Kier molecular flexibility index (Phi) is 7.41. The summed E-state index contributed by atoms with van der Waals surface area (Å²) in [5.41, 5.74) is 2.17. The summed E-state index contributed by atoms with van der Waals surface area (Å²) in [6.07, 6.45) is -0.654. The van der Waals surface area contributed by atoms with Crippen LogP contribution in [0.4, 0.5) is 10.5 Å². The minimum absolute atomic E-state index is 0.342. The van der Waals surface area contributed by atoms with E-state index in [-0.39, 0.29) is 5.91 Å². The lowest BCUT2D eigenvalue weighted by molar-refractivity contribution is 0.102. The van der Waals surface area contributed by atoms with Crippen LogP contribution in [0.2, 0.25) is 0 Å². The van der Waals surface area contributed by atoms with Crippen molar-refractivity contribution < 1.29 is 28.6 Å². The SMILES string of the molecule is CNC(=O)O/N=C(\C)c1ccc(NC(=O)c2cc(OC)c(OC)c(OC)c2)cc1. The molecule has 0 radical (unpaired) electrons. The number of rotatable bonds is 7. The van der Waals surface area contributed by atoms with Crippen molar-refractivity contribution >= 4 is 23.4 Å². The van der Waals surface area contributed by atoms with Crippen LogP contribution in [-0.4, -0.2) is 46.1 Å². The molecule has 0 heterocycles. The zero-order chi connectivity index (χ0) is 21.4. The van der Waals surface area contributed by atoms with E-state index >= 15 is 0 Å². The van der Waals surface area contributed by atoms with Gasteiger partial charge < -0.3 is 24.8 Å². The van der Waals surface area contributed by atoms with Gasteiger partial charge in [-0.2, -0.15) is 0 Å². The number of ether oxygens (including phenoxy) is 3. The van der Waals surface area contributed by atoms with Crippen molar-refractivity contribution in [3.8, 4) is 17.2 Å². The van der Waals surface area contributed by atoms with Gasteiger partial charge in [-0.15, -0.1) is 0 Å². The van der Waals surface area contributed by atoms with Crippen molar-refractivity contribution in [2.45, 2.75) is 6.92 Å². The van der Waals surface area contributed by atoms with E-state index in [1.807, 2.05) is 0 Å². The summed E-state index contributed by atoms with van der Waals surface area (Å²) in [6.45, 7) is 1.70. The average molecular weight is 401 g/mol. The van der Waals surface area contributed by atoms with Gasteiger partial charge in [0.15, 0.2) is 11.5 Å². The highest BCUT2D eigenvalue weighted by Crippen LogP contribution is 2.38. The predicted molar refractivity (Wildman–Crippen MR) is 108 cm³/mol. The quantitative estimate of drug-likeness (QED) is 0.419. The first-order chi connectivity index (χ1) is 13.9. The third kappa shape index (κ3) is 5.38. The molecular formula is C20H23N3O6. The molecule has 154 valence electrons. The van der Waals surface area contributed by atoms with Crippen molar-refractivity contribution in [2.24, 2.45) is 5.16 Å². The molecule has 0 aliphatic carbocycles. The number of amides is 2. The van der Waals surface area contributed by atoms with E-state index in [1.54, 1.807) is 43.3 Å². The lowest BCUT2D eigenvalue weighted by Crippen LogP contribution is -2.17. The molecule has 0 aromatic heterocycles. The molecule has 2 rings (SSSR count). The molecule has 0 spiro atoms. The number of hydrogen-bond acceptors (Lipinski definition) is 7. The van der Waals surface area contributed by atoms with Crippen LogP contribution in [0.15, 0.2) is 41.6 Å². The number of nitrogens with one attached hydrogen (secondary N) is 2. The molecule has 0 atom stereocenters. The van der Waals surface area contributed by atoms with Gasteiger partial charge in [-0.25, -0.2) is 4.79 Å². The van der Waals surface area contributed by atoms with Crippen molar-refractivity contribution in [3.05, 3.63) is 47.5 Å². The Balaban J connectivity index is 2.16. The summed E-state index contributed by atoms with van der Waals surface area (Å²) >= 11 is 0. The maximum absolute atomic E-state index is 12.6. The lowest BCUT2D eigenvalue weighted by Gasteiger charge is -2.14. The van der Waals surface area contributed by atoms with Crippen LogP contribution < -0.4 is 24.8 Å². The number of oxime groups is 1. The standard InChI is InChI=1S/C20H23N3O6/c1-12(23-29-20(25)21-2)13-6-8-15(9-7-13)22-19(24)14-10-16(26-3)18(28-5)17(11-14)27-4/h6-11H,1-5H3,(H,21,25)(H,22,24)/b23-12+. The summed E-state index contributed by atoms with van der Waals surface area (Å²) < 4.78 is 15.8. The van der Waals surface area contributed by atoms with Gasteiger partial charge in [0, 0.05) is 18.3 Å². The minimum Gasteiger partial charge on any atom is -0.493 e. The number of carbonyl (C=O) groups excluding carboxylic acids is 2. The second-order valence-corrected chi connectivity index (χ2v) is 5.75. The molecule has 29 heavy (non-hydrogen) atoms. The van der Waals surface area contributed by atoms with Gasteiger partial charge in [-0.1, -0.05) is 17.3 Å². The second kappa shape index (κ2) is 9.98. The molecule has 0 aliphatic rings. The van der Waals surface area contributed by atoms with E-state index in [0.29, 0.717) is 34.2 Å². The summed E-state index contributed by atoms with van der Waals surface area (Å²) in [6, 6.07) is 10.1. The Labute approximate surface area is 168 Å². The largest absolute Gasteiger partial charge is 0.493 e. The van der Waals surface area contributed by atoms with Gasteiger partial charge in [0.05, 0.1) is 27.0 Å². The topological polar surface area (TPSA) is 107 Å². The zero-order valence-corrected chi connectivity index (χ0v) is 16.9. The smallest absolute Gasteiger partial charge is 0.433 e.